The SMILES string of the molecule is COc1cccc(N2CCN(C(=O)CC3CC(=O)NC(SCc4ccc(C#N)cc4)N3)CC2)c1. The van der Waals surface area contributed by atoms with Crippen molar-refractivity contribution in [3.63, 3.8) is 0 Å². The predicted octanol–water partition coefficient (Wildman–Crippen LogP) is 2.30. The van der Waals surface area contributed by atoms with Gasteiger partial charge in [-0.05, 0) is 29.8 Å². The van der Waals surface area contributed by atoms with Crippen LogP contribution in [-0.4, -0.2) is 61.5 Å². The molecule has 2 aromatic carbocycles. The molecule has 2 atom stereocenters. The number of hydrogen-bond acceptors (Lipinski definition) is 7. The highest BCUT2D eigenvalue weighted by molar-refractivity contribution is 7.99. The fourth-order valence-electron chi connectivity index (χ4n) is 4.18. The monoisotopic (exact) mass is 479 g/mol. The molecule has 2 aromatic rings. The van der Waals surface area contributed by atoms with Crippen molar-refractivity contribution < 1.29 is 14.3 Å². The molecular weight excluding hydrogens is 450 g/mol. The number of piperazine rings is 1. The van der Waals surface area contributed by atoms with E-state index >= 15 is 0 Å². The lowest BCUT2D eigenvalue weighted by molar-refractivity contribution is -0.132. The van der Waals surface area contributed by atoms with E-state index in [1.165, 1.54) is 0 Å². The van der Waals surface area contributed by atoms with Crippen LogP contribution >= 0.6 is 11.8 Å². The number of nitriles is 1. The van der Waals surface area contributed by atoms with Gasteiger partial charge in [-0.2, -0.15) is 5.26 Å². The van der Waals surface area contributed by atoms with Gasteiger partial charge in [-0.15, -0.1) is 11.8 Å². The molecule has 2 aliphatic heterocycles. The summed E-state index contributed by atoms with van der Waals surface area (Å²) in [7, 11) is 1.66. The molecule has 2 saturated heterocycles. The van der Waals surface area contributed by atoms with Gasteiger partial charge in [-0.3, -0.25) is 14.9 Å². The number of carbonyl (C=O) groups excluding carboxylic acids is 2. The Morgan fingerprint density at radius 1 is 1.18 bits per heavy atom. The quantitative estimate of drug-likeness (QED) is 0.629. The summed E-state index contributed by atoms with van der Waals surface area (Å²) in [6.07, 6.45) is 0.601. The van der Waals surface area contributed by atoms with Crippen molar-refractivity contribution in [2.45, 2.75) is 30.1 Å². The third kappa shape index (κ3) is 6.22. The summed E-state index contributed by atoms with van der Waals surface area (Å²) in [5, 5.41) is 15.3. The fourth-order valence-corrected chi connectivity index (χ4v) is 5.24. The Kier molecular flexibility index (Phi) is 7.93. The molecule has 9 heteroatoms. The summed E-state index contributed by atoms with van der Waals surface area (Å²) in [6.45, 7) is 2.85. The maximum absolute atomic E-state index is 12.9. The summed E-state index contributed by atoms with van der Waals surface area (Å²) in [5.74, 6) is 1.55. The summed E-state index contributed by atoms with van der Waals surface area (Å²) < 4.78 is 5.31. The normalized spacial score (nSPS) is 20.4. The molecule has 2 heterocycles. The van der Waals surface area contributed by atoms with Crippen molar-refractivity contribution in [2.75, 3.05) is 38.2 Å². The van der Waals surface area contributed by atoms with Gasteiger partial charge in [0.1, 0.15) is 11.2 Å². The molecule has 178 valence electrons. The molecule has 34 heavy (non-hydrogen) atoms. The van der Waals surface area contributed by atoms with Crippen LogP contribution in [0.4, 0.5) is 5.69 Å². The van der Waals surface area contributed by atoms with Crippen LogP contribution in [0, 0.1) is 11.3 Å². The highest BCUT2D eigenvalue weighted by Gasteiger charge is 2.30. The number of ether oxygens (including phenoxy) is 1. The predicted molar refractivity (Wildman–Crippen MR) is 132 cm³/mol. The first-order valence-corrected chi connectivity index (χ1v) is 12.4. The first-order valence-electron chi connectivity index (χ1n) is 11.4. The number of carbonyl (C=O) groups is 2. The van der Waals surface area contributed by atoms with Gasteiger partial charge >= 0.3 is 0 Å². The Labute approximate surface area is 204 Å². The van der Waals surface area contributed by atoms with E-state index < -0.39 is 0 Å². The van der Waals surface area contributed by atoms with Crippen LogP contribution in [0.25, 0.3) is 0 Å². The van der Waals surface area contributed by atoms with E-state index in [0.717, 1.165) is 30.1 Å². The van der Waals surface area contributed by atoms with Crippen LogP contribution in [0.3, 0.4) is 0 Å². The molecule has 2 fully saturated rings. The van der Waals surface area contributed by atoms with Crippen LogP contribution in [0.5, 0.6) is 5.75 Å². The molecule has 0 radical (unpaired) electrons. The molecule has 2 unspecified atom stereocenters. The molecule has 2 amide bonds. The van der Waals surface area contributed by atoms with E-state index in [-0.39, 0.29) is 23.4 Å². The second-order valence-corrected chi connectivity index (χ2v) is 9.50. The average Bonchev–Trinajstić information content (AvgIpc) is 2.87. The number of nitrogens with zero attached hydrogens (tertiary/aromatic N) is 3. The molecule has 0 spiro atoms. The number of benzene rings is 2. The number of rotatable bonds is 7. The van der Waals surface area contributed by atoms with E-state index in [0.29, 0.717) is 37.2 Å². The molecule has 0 bridgehead atoms. The van der Waals surface area contributed by atoms with Gasteiger partial charge in [0.25, 0.3) is 0 Å². The number of anilines is 1. The van der Waals surface area contributed by atoms with Crippen molar-refractivity contribution >= 4 is 29.3 Å². The van der Waals surface area contributed by atoms with Crippen LogP contribution in [0.15, 0.2) is 48.5 Å². The van der Waals surface area contributed by atoms with Crippen molar-refractivity contribution in [3.05, 3.63) is 59.7 Å². The molecular formula is C25H29N5O3S. The molecule has 4 rings (SSSR count). The van der Waals surface area contributed by atoms with Gasteiger partial charge in [0.2, 0.25) is 11.8 Å². The summed E-state index contributed by atoms with van der Waals surface area (Å²) >= 11 is 1.57. The molecule has 0 aliphatic carbocycles. The van der Waals surface area contributed by atoms with Gasteiger partial charge in [0.05, 0.1) is 18.7 Å². The van der Waals surface area contributed by atoms with Gasteiger partial charge in [-0.1, -0.05) is 18.2 Å². The zero-order valence-corrected chi connectivity index (χ0v) is 20.0. The van der Waals surface area contributed by atoms with Gasteiger partial charge in [0, 0.05) is 62.6 Å². The Balaban J connectivity index is 1.25. The topological polar surface area (TPSA) is 97.7 Å². The van der Waals surface area contributed by atoms with Gasteiger partial charge in [0.15, 0.2) is 0 Å². The van der Waals surface area contributed by atoms with E-state index in [4.69, 9.17) is 10.00 Å². The minimum atomic E-state index is -0.250. The Morgan fingerprint density at radius 2 is 1.94 bits per heavy atom. The number of methoxy groups -OCH3 is 1. The number of amides is 2. The molecule has 2 aliphatic rings. The zero-order chi connectivity index (χ0) is 23.9. The maximum atomic E-state index is 12.9. The maximum Gasteiger partial charge on any atom is 0.224 e. The molecule has 0 aromatic heterocycles. The summed E-state index contributed by atoms with van der Waals surface area (Å²) in [6, 6.07) is 17.3. The molecule has 2 N–H and O–H groups in total. The minimum Gasteiger partial charge on any atom is -0.497 e. The lowest BCUT2D eigenvalue weighted by Crippen LogP contribution is -2.56. The van der Waals surface area contributed by atoms with Gasteiger partial charge in [-0.25, -0.2) is 0 Å². The fraction of sp³-hybridized carbons (Fsp3) is 0.400. The highest BCUT2D eigenvalue weighted by atomic mass is 32.2. The third-order valence-corrected chi connectivity index (χ3v) is 7.17. The van der Waals surface area contributed by atoms with Crippen LogP contribution < -0.4 is 20.3 Å². The second kappa shape index (κ2) is 11.3. The van der Waals surface area contributed by atoms with E-state index in [1.54, 1.807) is 31.0 Å². The first kappa shape index (κ1) is 23.9. The second-order valence-electron chi connectivity index (χ2n) is 8.41. The van der Waals surface area contributed by atoms with Crippen molar-refractivity contribution in [1.82, 2.24) is 15.5 Å². The zero-order valence-electron chi connectivity index (χ0n) is 19.2. The lowest BCUT2D eigenvalue weighted by Gasteiger charge is -2.37. The number of thioether (sulfide) groups is 1. The lowest BCUT2D eigenvalue weighted by atomic mass is 10.1. The Morgan fingerprint density at radius 3 is 2.65 bits per heavy atom. The number of nitrogens with one attached hydrogen (secondary N) is 2. The molecule has 0 saturated carbocycles. The average molecular weight is 480 g/mol. The van der Waals surface area contributed by atoms with E-state index in [1.807, 2.05) is 35.2 Å². The van der Waals surface area contributed by atoms with Crippen LogP contribution in [-0.2, 0) is 15.3 Å². The standard InChI is InChI=1S/C25H29N5O3S/c1-33-22-4-2-3-21(15-22)29-9-11-30(12-10-29)24(32)14-20-13-23(31)28-25(27-20)34-17-19-7-5-18(16-26)6-8-19/h2-8,15,20,25,27H,9-14,17H2,1H3,(H,28,31). The smallest absolute Gasteiger partial charge is 0.224 e. The minimum absolute atomic E-state index is 0.0447. The number of hydrogen-bond donors (Lipinski definition) is 2. The van der Waals surface area contributed by atoms with Crippen LogP contribution in [0.1, 0.15) is 24.0 Å². The Bertz CT molecular complexity index is 1050. The summed E-state index contributed by atoms with van der Waals surface area (Å²) in [4.78, 5) is 29.3. The first-order chi connectivity index (χ1) is 16.5. The van der Waals surface area contributed by atoms with Gasteiger partial charge < -0.3 is 19.9 Å². The van der Waals surface area contributed by atoms with Crippen LogP contribution in [0.2, 0.25) is 0 Å². The molecule has 8 nitrogen and oxygen atoms in total. The summed E-state index contributed by atoms with van der Waals surface area (Å²) in [5.41, 5.74) is 2.55. The van der Waals surface area contributed by atoms with E-state index in [9.17, 15) is 9.59 Å². The van der Waals surface area contributed by atoms with Crippen molar-refractivity contribution in [3.8, 4) is 11.8 Å². The third-order valence-electron chi connectivity index (χ3n) is 6.08. The van der Waals surface area contributed by atoms with Crippen molar-refractivity contribution in [2.24, 2.45) is 0 Å². The van der Waals surface area contributed by atoms with Crippen molar-refractivity contribution in [1.29, 1.82) is 5.26 Å². The largest absolute Gasteiger partial charge is 0.497 e. The Hall–Kier alpha value is -3.22. The van der Waals surface area contributed by atoms with E-state index in [2.05, 4.69) is 27.7 Å². The highest BCUT2D eigenvalue weighted by Crippen LogP contribution is 2.23.